The first kappa shape index (κ1) is 13.8. The van der Waals surface area contributed by atoms with Crippen LogP contribution in [0.5, 0.6) is 0 Å². The van der Waals surface area contributed by atoms with E-state index in [1.165, 1.54) is 0 Å². The van der Waals surface area contributed by atoms with Crippen LogP contribution in [0.1, 0.15) is 27.2 Å². The van der Waals surface area contributed by atoms with Gasteiger partial charge in [0.05, 0.1) is 0 Å². The van der Waals surface area contributed by atoms with Gasteiger partial charge in [0, 0.05) is 10.7 Å². The Balaban J connectivity index is 2.77. The maximum Gasteiger partial charge on any atom is 0.239 e. The van der Waals surface area contributed by atoms with Crippen LogP contribution in [-0.4, -0.2) is 11.9 Å². The number of rotatable bonds is 4. The Kier molecular flexibility index (Phi) is 4.40. The van der Waals surface area contributed by atoms with E-state index in [9.17, 15) is 4.79 Å². The lowest BCUT2D eigenvalue weighted by molar-refractivity contribution is -0.119. The van der Waals surface area contributed by atoms with Crippen LogP contribution in [0, 0.1) is 5.41 Å². The minimum atomic E-state index is -0.381. The number of benzene rings is 1. The van der Waals surface area contributed by atoms with E-state index in [4.69, 9.17) is 17.3 Å². The first-order valence-electron chi connectivity index (χ1n) is 5.59. The first-order valence-corrected chi connectivity index (χ1v) is 5.97. The molecule has 1 unspecified atom stereocenters. The Morgan fingerprint density at radius 2 is 2.12 bits per heavy atom. The van der Waals surface area contributed by atoms with Crippen molar-refractivity contribution in [2.45, 2.75) is 33.2 Å². The van der Waals surface area contributed by atoms with E-state index in [0.29, 0.717) is 11.4 Å². The van der Waals surface area contributed by atoms with Gasteiger partial charge in [-0.05, 0) is 30.0 Å². The highest BCUT2D eigenvalue weighted by Crippen LogP contribution is 2.23. The van der Waals surface area contributed by atoms with E-state index in [1.807, 2.05) is 12.1 Å². The number of carbonyl (C=O) groups is 1. The number of halogens is 1. The zero-order valence-electron chi connectivity index (χ0n) is 10.5. The van der Waals surface area contributed by atoms with Crippen molar-refractivity contribution in [1.29, 1.82) is 0 Å². The summed E-state index contributed by atoms with van der Waals surface area (Å²) < 4.78 is 0. The molecular formula is C13H19ClN2O. The molecule has 0 aliphatic heterocycles. The topological polar surface area (TPSA) is 55.1 Å². The fourth-order valence-electron chi connectivity index (χ4n) is 1.61. The van der Waals surface area contributed by atoms with Crippen molar-refractivity contribution in [3.63, 3.8) is 0 Å². The number of carbonyl (C=O) groups excluding carboxylic acids is 1. The van der Waals surface area contributed by atoms with E-state index in [2.05, 4.69) is 26.1 Å². The normalized spacial score (nSPS) is 13.2. The summed E-state index contributed by atoms with van der Waals surface area (Å²) in [7, 11) is 0. The molecule has 0 saturated carbocycles. The van der Waals surface area contributed by atoms with E-state index in [1.54, 1.807) is 12.1 Å². The van der Waals surface area contributed by atoms with E-state index in [0.717, 1.165) is 5.69 Å². The fraction of sp³-hybridized carbons (Fsp3) is 0.462. The van der Waals surface area contributed by atoms with Crippen LogP contribution in [0.15, 0.2) is 24.3 Å². The van der Waals surface area contributed by atoms with Crippen molar-refractivity contribution >= 4 is 23.2 Å². The highest BCUT2D eigenvalue weighted by Gasteiger charge is 2.22. The quantitative estimate of drug-likeness (QED) is 0.868. The van der Waals surface area contributed by atoms with Gasteiger partial charge < -0.3 is 11.1 Å². The van der Waals surface area contributed by atoms with Crippen LogP contribution in [0.25, 0.3) is 0 Å². The summed E-state index contributed by atoms with van der Waals surface area (Å²) in [5.74, 6) is -0.347. The zero-order chi connectivity index (χ0) is 13.1. The highest BCUT2D eigenvalue weighted by molar-refractivity contribution is 6.30. The molecule has 94 valence electrons. The maximum absolute atomic E-state index is 11.4. The van der Waals surface area contributed by atoms with E-state index in [-0.39, 0.29) is 17.4 Å². The minimum Gasteiger partial charge on any atom is -0.374 e. The SMILES string of the molecule is CC(C)(C)CC(Nc1cccc(Cl)c1)C(N)=O. The first-order chi connectivity index (χ1) is 7.78. The molecule has 0 aliphatic rings. The number of anilines is 1. The summed E-state index contributed by atoms with van der Waals surface area (Å²) in [6.07, 6.45) is 0.675. The average Bonchev–Trinajstić information content (AvgIpc) is 2.14. The molecule has 1 amide bonds. The third-order valence-corrected chi connectivity index (χ3v) is 2.56. The van der Waals surface area contributed by atoms with E-state index < -0.39 is 0 Å². The summed E-state index contributed by atoms with van der Waals surface area (Å²) in [6, 6.07) is 6.88. The van der Waals surface area contributed by atoms with Gasteiger partial charge in [-0.3, -0.25) is 4.79 Å². The van der Waals surface area contributed by atoms with E-state index >= 15 is 0 Å². The second-order valence-electron chi connectivity index (χ2n) is 5.37. The lowest BCUT2D eigenvalue weighted by Crippen LogP contribution is -2.38. The summed E-state index contributed by atoms with van der Waals surface area (Å²) in [6.45, 7) is 6.22. The van der Waals surface area contributed by atoms with Crippen molar-refractivity contribution in [3.8, 4) is 0 Å². The molecule has 0 fully saturated rings. The molecule has 0 radical (unpaired) electrons. The number of nitrogens with one attached hydrogen (secondary N) is 1. The second-order valence-corrected chi connectivity index (χ2v) is 5.81. The van der Waals surface area contributed by atoms with Crippen LogP contribution in [0.3, 0.4) is 0 Å². The Morgan fingerprint density at radius 3 is 2.59 bits per heavy atom. The van der Waals surface area contributed by atoms with Crippen molar-refractivity contribution in [2.24, 2.45) is 11.1 Å². The highest BCUT2D eigenvalue weighted by atomic mass is 35.5. The third-order valence-electron chi connectivity index (χ3n) is 2.33. The molecule has 4 heteroatoms. The molecule has 1 atom stereocenters. The number of nitrogens with two attached hydrogens (primary N) is 1. The number of hydrogen-bond acceptors (Lipinski definition) is 2. The molecule has 0 bridgehead atoms. The summed E-state index contributed by atoms with van der Waals surface area (Å²) >= 11 is 5.88. The van der Waals surface area contributed by atoms with Gasteiger partial charge in [-0.25, -0.2) is 0 Å². The van der Waals surface area contributed by atoms with Gasteiger partial charge in [0.25, 0.3) is 0 Å². The molecule has 3 nitrogen and oxygen atoms in total. The van der Waals surface area contributed by atoms with Crippen LogP contribution < -0.4 is 11.1 Å². The molecule has 1 rings (SSSR count). The van der Waals surface area contributed by atoms with Gasteiger partial charge in [0.2, 0.25) is 5.91 Å². The fourth-order valence-corrected chi connectivity index (χ4v) is 1.80. The third kappa shape index (κ3) is 5.09. The van der Waals surface area contributed by atoms with Crippen molar-refractivity contribution in [3.05, 3.63) is 29.3 Å². The van der Waals surface area contributed by atoms with Gasteiger partial charge in [0.1, 0.15) is 6.04 Å². The standard InChI is InChI=1S/C13H19ClN2O/c1-13(2,3)8-11(12(15)17)16-10-6-4-5-9(14)7-10/h4-7,11,16H,8H2,1-3H3,(H2,15,17). The summed E-state index contributed by atoms with van der Waals surface area (Å²) in [5.41, 5.74) is 6.24. The molecule has 3 N–H and O–H groups in total. The lowest BCUT2D eigenvalue weighted by Gasteiger charge is -2.25. The summed E-state index contributed by atoms with van der Waals surface area (Å²) in [4.78, 5) is 11.4. The van der Waals surface area contributed by atoms with Crippen LogP contribution in [-0.2, 0) is 4.79 Å². The zero-order valence-corrected chi connectivity index (χ0v) is 11.2. The predicted molar refractivity (Wildman–Crippen MR) is 72.1 cm³/mol. The lowest BCUT2D eigenvalue weighted by atomic mass is 9.88. The van der Waals surface area contributed by atoms with Crippen molar-refractivity contribution in [1.82, 2.24) is 0 Å². The molecule has 0 aliphatic carbocycles. The smallest absolute Gasteiger partial charge is 0.239 e. The predicted octanol–water partition coefficient (Wildman–Crippen LogP) is 3.04. The molecule has 17 heavy (non-hydrogen) atoms. The number of primary amides is 1. The number of hydrogen-bond donors (Lipinski definition) is 2. The molecular weight excluding hydrogens is 236 g/mol. The van der Waals surface area contributed by atoms with Gasteiger partial charge >= 0.3 is 0 Å². The molecule has 0 saturated heterocycles. The van der Waals surface area contributed by atoms with Crippen molar-refractivity contribution < 1.29 is 4.79 Å². The average molecular weight is 255 g/mol. The van der Waals surface area contributed by atoms with Crippen molar-refractivity contribution in [2.75, 3.05) is 5.32 Å². The molecule has 0 heterocycles. The van der Waals surface area contributed by atoms with Crippen LogP contribution in [0.2, 0.25) is 5.02 Å². The van der Waals surface area contributed by atoms with Crippen LogP contribution >= 0.6 is 11.6 Å². The van der Waals surface area contributed by atoms with Gasteiger partial charge in [0.15, 0.2) is 0 Å². The molecule has 0 aromatic heterocycles. The Bertz CT molecular complexity index is 399. The Hall–Kier alpha value is -1.22. The molecule has 0 spiro atoms. The maximum atomic E-state index is 11.4. The minimum absolute atomic E-state index is 0.0330. The summed E-state index contributed by atoms with van der Waals surface area (Å²) in [5, 5.41) is 3.75. The largest absolute Gasteiger partial charge is 0.374 e. The Morgan fingerprint density at radius 1 is 1.47 bits per heavy atom. The number of amides is 1. The Labute approximate surface area is 107 Å². The van der Waals surface area contributed by atoms with Gasteiger partial charge in [-0.15, -0.1) is 0 Å². The van der Waals surface area contributed by atoms with Gasteiger partial charge in [-0.1, -0.05) is 38.4 Å². The molecule has 1 aromatic rings. The monoisotopic (exact) mass is 254 g/mol. The van der Waals surface area contributed by atoms with Gasteiger partial charge in [-0.2, -0.15) is 0 Å². The molecule has 1 aromatic carbocycles. The second kappa shape index (κ2) is 5.41. The van der Waals surface area contributed by atoms with Crippen LogP contribution in [0.4, 0.5) is 5.69 Å².